The number of fused-ring (bicyclic) bond motifs is 4. The molecule has 0 saturated heterocycles. The molecule has 0 radical (unpaired) electrons. The fourth-order valence-corrected chi connectivity index (χ4v) is 4.89. The van der Waals surface area contributed by atoms with Crippen LogP contribution in [-0.4, -0.2) is 28.0 Å². The van der Waals surface area contributed by atoms with Crippen molar-refractivity contribution in [3.63, 3.8) is 0 Å². The lowest BCUT2D eigenvalue weighted by molar-refractivity contribution is 0.186. The zero-order valence-electron chi connectivity index (χ0n) is 17.1. The number of hydrogen-bond acceptors (Lipinski definition) is 4. The second-order valence-corrected chi connectivity index (χ2v) is 8.04. The maximum absolute atomic E-state index is 5.63. The molecule has 2 aliphatic rings. The van der Waals surface area contributed by atoms with Crippen molar-refractivity contribution < 1.29 is 0 Å². The van der Waals surface area contributed by atoms with Crippen molar-refractivity contribution in [1.82, 2.24) is 14.9 Å². The number of aryl methyl sites for hydroxylation is 1. The molecule has 5 rings (SSSR count). The van der Waals surface area contributed by atoms with Crippen LogP contribution in [0.3, 0.4) is 0 Å². The molecule has 4 nitrogen and oxygen atoms in total. The molecule has 0 saturated carbocycles. The molecule has 2 aliphatic carbocycles. The average Bonchev–Trinajstić information content (AvgIpc) is 3.18. The highest BCUT2D eigenvalue weighted by molar-refractivity contribution is 5.77. The Bertz CT molecular complexity index is 1130. The molecule has 1 aromatic carbocycles. The van der Waals surface area contributed by atoms with Gasteiger partial charge in [-0.2, -0.15) is 0 Å². The summed E-state index contributed by atoms with van der Waals surface area (Å²) in [5, 5.41) is 0. The van der Waals surface area contributed by atoms with Crippen LogP contribution in [0.2, 0.25) is 0 Å². The summed E-state index contributed by atoms with van der Waals surface area (Å²) in [7, 11) is 0. The zero-order chi connectivity index (χ0) is 20.3. The molecular formula is C26H26N4. The number of hydrogen-bond donors (Lipinski definition) is 1. The van der Waals surface area contributed by atoms with Gasteiger partial charge >= 0.3 is 0 Å². The van der Waals surface area contributed by atoms with Gasteiger partial charge < -0.3 is 5.73 Å². The van der Waals surface area contributed by atoms with Crippen LogP contribution >= 0.6 is 0 Å². The summed E-state index contributed by atoms with van der Waals surface area (Å²) in [6.07, 6.45) is 8.20. The molecule has 0 spiro atoms. The van der Waals surface area contributed by atoms with Crippen molar-refractivity contribution in [2.45, 2.75) is 38.3 Å². The third kappa shape index (κ3) is 3.52. The van der Waals surface area contributed by atoms with Crippen molar-refractivity contribution in [2.24, 2.45) is 5.73 Å². The summed E-state index contributed by atoms with van der Waals surface area (Å²) < 4.78 is 0. The van der Waals surface area contributed by atoms with Crippen LogP contribution in [0, 0.1) is 11.8 Å². The highest BCUT2D eigenvalue weighted by atomic mass is 15.2. The molecule has 2 N–H and O–H groups in total. The Kier molecular flexibility index (Phi) is 5.31. The summed E-state index contributed by atoms with van der Waals surface area (Å²) in [6, 6.07) is 15.4. The van der Waals surface area contributed by atoms with E-state index in [-0.39, 0.29) is 6.04 Å². The van der Waals surface area contributed by atoms with Gasteiger partial charge in [0, 0.05) is 25.4 Å². The van der Waals surface area contributed by atoms with Crippen LogP contribution in [0.1, 0.15) is 47.0 Å². The highest BCUT2D eigenvalue weighted by Crippen LogP contribution is 2.39. The van der Waals surface area contributed by atoms with Crippen molar-refractivity contribution in [1.29, 1.82) is 0 Å². The fraction of sp³-hybridized carbons (Fsp3) is 0.308. The van der Waals surface area contributed by atoms with Gasteiger partial charge in [-0.25, -0.2) is 0 Å². The van der Waals surface area contributed by atoms with E-state index in [1.54, 1.807) is 0 Å². The summed E-state index contributed by atoms with van der Waals surface area (Å²) in [5.41, 5.74) is 14.8. The van der Waals surface area contributed by atoms with Gasteiger partial charge in [0.2, 0.25) is 0 Å². The van der Waals surface area contributed by atoms with Crippen molar-refractivity contribution in [3.8, 4) is 23.0 Å². The molecule has 0 aliphatic heterocycles. The standard InChI is InChI=1S/C26H26N4/c27-13-3-4-16-30(25-11-5-8-19-9-6-14-29-26(19)25)18-24-23-17-20-7-1-2-10-21(20)22(23)12-15-28-24/h1-2,6-7,9-10,12,14-15,25H,5,8,11,13,16-18,27H2/t25-/m0/s1. The minimum Gasteiger partial charge on any atom is -0.320 e. The minimum absolute atomic E-state index is 0.267. The molecule has 2 heterocycles. The quantitative estimate of drug-likeness (QED) is 0.534. The molecule has 2 aromatic heterocycles. The highest BCUT2D eigenvalue weighted by Gasteiger charge is 2.29. The summed E-state index contributed by atoms with van der Waals surface area (Å²) in [5.74, 6) is 6.30. The lowest BCUT2D eigenvalue weighted by atomic mass is 9.90. The summed E-state index contributed by atoms with van der Waals surface area (Å²) in [4.78, 5) is 12.0. The number of nitrogens with zero attached hydrogens (tertiary/aromatic N) is 3. The van der Waals surface area contributed by atoms with Gasteiger partial charge in [-0.15, -0.1) is 0 Å². The minimum atomic E-state index is 0.267. The van der Waals surface area contributed by atoms with E-state index >= 15 is 0 Å². The molecule has 0 unspecified atom stereocenters. The molecular weight excluding hydrogens is 368 g/mol. The van der Waals surface area contributed by atoms with Crippen LogP contribution in [0.5, 0.6) is 0 Å². The third-order valence-corrected chi connectivity index (χ3v) is 6.29. The van der Waals surface area contributed by atoms with Gasteiger partial charge in [0.15, 0.2) is 0 Å². The average molecular weight is 395 g/mol. The molecule has 0 fully saturated rings. The Morgan fingerprint density at radius 2 is 1.87 bits per heavy atom. The second-order valence-electron chi connectivity index (χ2n) is 8.04. The molecule has 4 heteroatoms. The Balaban J connectivity index is 1.49. The van der Waals surface area contributed by atoms with E-state index in [0.717, 1.165) is 31.5 Å². The molecule has 0 amide bonds. The van der Waals surface area contributed by atoms with E-state index < -0.39 is 0 Å². The van der Waals surface area contributed by atoms with Crippen molar-refractivity contribution >= 4 is 0 Å². The van der Waals surface area contributed by atoms with Crippen LogP contribution in [-0.2, 0) is 19.4 Å². The zero-order valence-corrected chi connectivity index (χ0v) is 17.1. The Morgan fingerprint density at radius 1 is 0.967 bits per heavy atom. The number of nitrogens with two attached hydrogens (primary N) is 1. The van der Waals surface area contributed by atoms with Crippen molar-refractivity contribution in [3.05, 3.63) is 82.9 Å². The summed E-state index contributed by atoms with van der Waals surface area (Å²) >= 11 is 0. The summed E-state index contributed by atoms with van der Waals surface area (Å²) in [6.45, 7) is 1.84. The molecule has 0 bridgehead atoms. The third-order valence-electron chi connectivity index (χ3n) is 6.29. The Morgan fingerprint density at radius 3 is 2.80 bits per heavy atom. The molecule has 150 valence electrons. The SMILES string of the molecule is NCC#CCN(Cc1nccc2c1Cc1ccccc1-2)[C@H]1CCCc2cccnc21. The molecule has 1 atom stereocenters. The number of aromatic nitrogens is 2. The van der Waals surface area contributed by atoms with Crippen LogP contribution in [0.4, 0.5) is 0 Å². The number of benzene rings is 1. The largest absolute Gasteiger partial charge is 0.320 e. The van der Waals surface area contributed by atoms with E-state index in [2.05, 4.69) is 53.1 Å². The van der Waals surface area contributed by atoms with Crippen LogP contribution < -0.4 is 5.73 Å². The Hall–Kier alpha value is -3.00. The van der Waals surface area contributed by atoms with E-state index in [1.807, 2.05) is 18.5 Å². The maximum Gasteiger partial charge on any atom is 0.0611 e. The first-order valence-electron chi connectivity index (χ1n) is 10.7. The van der Waals surface area contributed by atoms with Gasteiger partial charge in [-0.3, -0.25) is 14.9 Å². The smallest absolute Gasteiger partial charge is 0.0611 e. The van der Waals surface area contributed by atoms with Crippen LogP contribution in [0.25, 0.3) is 11.1 Å². The van der Waals surface area contributed by atoms with Crippen molar-refractivity contribution in [2.75, 3.05) is 13.1 Å². The van der Waals surface area contributed by atoms with E-state index in [0.29, 0.717) is 13.1 Å². The first kappa shape index (κ1) is 19.0. The normalized spacial score (nSPS) is 16.4. The predicted molar refractivity (Wildman–Crippen MR) is 120 cm³/mol. The van der Waals surface area contributed by atoms with Gasteiger partial charge in [-0.1, -0.05) is 42.2 Å². The second kappa shape index (κ2) is 8.39. The maximum atomic E-state index is 5.63. The van der Waals surface area contributed by atoms with Gasteiger partial charge in [0.25, 0.3) is 0 Å². The lowest BCUT2D eigenvalue weighted by Crippen LogP contribution is -2.33. The van der Waals surface area contributed by atoms with Crippen LogP contribution in [0.15, 0.2) is 54.9 Å². The molecule has 30 heavy (non-hydrogen) atoms. The fourth-order valence-electron chi connectivity index (χ4n) is 4.89. The first-order chi connectivity index (χ1) is 14.8. The van der Waals surface area contributed by atoms with E-state index in [1.165, 1.54) is 39.9 Å². The number of pyridine rings is 2. The van der Waals surface area contributed by atoms with E-state index in [4.69, 9.17) is 15.7 Å². The van der Waals surface area contributed by atoms with Gasteiger partial charge in [-0.05, 0) is 59.2 Å². The lowest BCUT2D eigenvalue weighted by Gasteiger charge is -2.34. The monoisotopic (exact) mass is 394 g/mol. The van der Waals surface area contributed by atoms with E-state index in [9.17, 15) is 0 Å². The first-order valence-corrected chi connectivity index (χ1v) is 10.7. The predicted octanol–water partition coefficient (Wildman–Crippen LogP) is 3.89. The molecule has 3 aromatic rings. The van der Waals surface area contributed by atoms with Gasteiger partial charge in [0.1, 0.15) is 0 Å². The number of rotatable bonds is 4. The van der Waals surface area contributed by atoms with Gasteiger partial charge in [0.05, 0.1) is 30.5 Å². The Labute approximate surface area is 178 Å². The topological polar surface area (TPSA) is 55.0 Å².